The van der Waals surface area contributed by atoms with E-state index in [-0.39, 0.29) is 24.7 Å². The van der Waals surface area contributed by atoms with Crippen molar-refractivity contribution in [1.29, 1.82) is 0 Å². The van der Waals surface area contributed by atoms with Gasteiger partial charge in [0.25, 0.3) is 11.8 Å². The molecule has 0 saturated carbocycles. The van der Waals surface area contributed by atoms with Crippen LogP contribution >= 0.6 is 34.8 Å². The lowest BCUT2D eigenvalue weighted by molar-refractivity contribution is -0.146. The Labute approximate surface area is 175 Å². The van der Waals surface area contributed by atoms with Gasteiger partial charge >= 0.3 is 0 Å². The molecule has 0 aliphatic carbocycles. The van der Waals surface area contributed by atoms with Gasteiger partial charge < -0.3 is 10.1 Å². The summed E-state index contributed by atoms with van der Waals surface area (Å²) in [4.78, 5) is 38.7. The van der Waals surface area contributed by atoms with Crippen LogP contribution in [0.2, 0.25) is 0 Å². The highest BCUT2D eigenvalue weighted by molar-refractivity contribution is 6.67. The third kappa shape index (κ3) is 6.54. The minimum Gasteiger partial charge on any atom is -0.499 e. The second-order valence-corrected chi connectivity index (χ2v) is 9.46. The molecule has 1 heterocycles. The largest absolute Gasteiger partial charge is 0.499 e. The summed E-state index contributed by atoms with van der Waals surface area (Å²) in [6.07, 6.45) is 2.13. The van der Waals surface area contributed by atoms with Gasteiger partial charge in [0.1, 0.15) is 11.8 Å². The number of rotatable bonds is 8. The molecule has 1 aliphatic heterocycles. The van der Waals surface area contributed by atoms with Crippen molar-refractivity contribution in [3.8, 4) is 0 Å². The van der Waals surface area contributed by atoms with Crippen molar-refractivity contribution in [2.75, 3.05) is 7.11 Å². The smallest absolute Gasteiger partial charge is 0.257 e. The van der Waals surface area contributed by atoms with Crippen molar-refractivity contribution >= 4 is 52.5 Å². The highest BCUT2D eigenvalue weighted by Crippen LogP contribution is 2.38. The molecule has 154 valence electrons. The minimum atomic E-state index is -1.60. The topological polar surface area (TPSA) is 75.7 Å². The molecule has 1 rings (SSSR count). The van der Waals surface area contributed by atoms with E-state index < -0.39 is 33.6 Å². The Balaban J connectivity index is 3.14. The zero-order chi connectivity index (χ0) is 20.9. The average molecular weight is 442 g/mol. The number of methoxy groups -OCH3 is 1. The Bertz CT molecular complexity index is 602. The van der Waals surface area contributed by atoms with Crippen molar-refractivity contribution in [2.24, 2.45) is 11.8 Å². The van der Waals surface area contributed by atoms with Crippen LogP contribution in [0.3, 0.4) is 0 Å². The molecule has 0 aromatic heterocycles. The number of halogens is 3. The van der Waals surface area contributed by atoms with Crippen LogP contribution in [0.25, 0.3) is 0 Å². The van der Waals surface area contributed by atoms with Gasteiger partial charge in [-0.15, -0.1) is 0 Å². The Hall–Kier alpha value is -0.980. The van der Waals surface area contributed by atoms with Gasteiger partial charge in [-0.2, -0.15) is 0 Å². The average Bonchev–Trinajstić information content (AvgIpc) is 2.87. The summed E-state index contributed by atoms with van der Waals surface area (Å²) >= 11 is 17.8. The SMILES string of the molecule is CCC(=O)N[C@H](C[C@H](C)C(Cl)(Cl)Cl)C(=O)N1C(=O)C=C(OC)[C@@H]1CC(C)C. The molecule has 0 fully saturated rings. The molecular weight excluding hydrogens is 415 g/mol. The van der Waals surface area contributed by atoms with E-state index in [2.05, 4.69) is 5.32 Å². The first kappa shape index (κ1) is 24.1. The van der Waals surface area contributed by atoms with Crippen molar-refractivity contribution in [1.82, 2.24) is 10.2 Å². The second kappa shape index (κ2) is 9.99. The maximum absolute atomic E-state index is 13.2. The molecule has 1 aliphatic rings. The number of alkyl halides is 3. The lowest BCUT2D eigenvalue weighted by Gasteiger charge is -2.32. The summed E-state index contributed by atoms with van der Waals surface area (Å²) in [7, 11) is 1.46. The van der Waals surface area contributed by atoms with Crippen LogP contribution in [-0.2, 0) is 19.1 Å². The molecule has 0 radical (unpaired) electrons. The van der Waals surface area contributed by atoms with Gasteiger partial charge in [-0.25, -0.2) is 0 Å². The first-order valence-electron chi connectivity index (χ1n) is 8.90. The van der Waals surface area contributed by atoms with Gasteiger partial charge in [0.05, 0.1) is 13.2 Å². The highest BCUT2D eigenvalue weighted by Gasteiger charge is 2.43. The van der Waals surface area contributed by atoms with E-state index in [0.717, 1.165) is 4.90 Å². The van der Waals surface area contributed by atoms with Crippen LogP contribution in [0.15, 0.2) is 11.8 Å². The summed E-state index contributed by atoms with van der Waals surface area (Å²) in [6, 6.07) is -1.50. The third-order valence-electron chi connectivity index (χ3n) is 4.41. The summed E-state index contributed by atoms with van der Waals surface area (Å²) in [5.74, 6) is -1.20. The zero-order valence-corrected chi connectivity index (χ0v) is 18.5. The summed E-state index contributed by atoms with van der Waals surface area (Å²) in [6.45, 7) is 7.31. The van der Waals surface area contributed by atoms with Gasteiger partial charge in [-0.3, -0.25) is 19.3 Å². The molecule has 6 nitrogen and oxygen atoms in total. The van der Waals surface area contributed by atoms with E-state index in [4.69, 9.17) is 39.5 Å². The Morgan fingerprint density at radius 2 is 1.89 bits per heavy atom. The normalized spacial score (nSPS) is 19.7. The molecule has 0 spiro atoms. The predicted molar refractivity (Wildman–Crippen MR) is 106 cm³/mol. The summed E-state index contributed by atoms with van der Waals surface area (Å²) in [5, 5.41) is 2.65. The van der Waals surface area contributed by atoms with Gasteiger partial charge in [0.2, 0.25) is 5.91 Å². The molecule has 0 unspecified atom stereocenters. The monoisotopic (exact) mass is 440 g/mol. The number of imide groups is 1. The quantitative estimate of drug-likeness (QED) is 0.584. The second-order valence-electron chi connectivity index (χ2n) is 7.09. The number of ether oxygens (including phenoxy) is 1. The molecular formula is C18H27Cl3N2O4. The third-order valence-corrected chi connectivity index (χ3v) is 5.53. The fourth-order valence-electron chi connectivity index (χ4n) is 2.87. The van der Waals surface area contributed by atoms with Crippen LogP contribution in [0.1, 0.15) is 47.0 Å². The number of nitrogens with one attached hydrogen (secondary N) is 1. The lowest BCUT2D eigenvalue weighted by Crippen LogP contribution is -2.53. The first-order valence-corrected chi connectivity index (χ1v) is 10.0. The minimum absolute atomic E-state index is 0.0849. The summed E-state index contributed by atoms with van der Waals surface area (Å²) in [5.41, 5.74) is 0. The van der Waals surface area contributed by atoms with Crippen molar-refractivity contribution < 1.29 is 19.1 Å². The molecule has 0 aromatic rings. The Kier molecular flexibility index (Phi) is 8.90. The van der Waals surface area contributed by atoms with Gasteiger partial charge in [-0.1, -0.05) is 62.5 Å². The molecule has 0 saturated heterocycles. The number of hydrogen-bond donors (Lipinski definition) is 1. The van der Waals surface area contributed by atoms with Crippen LogP contribution in [-0.4, -0.2) is 45.6 Å². The van der Waals surface area contributed by atoms with E-state index >= 15 is 0 Å². The number of carbonyl (C=O) groups excluding carboxylic acids is 3. The molecule has 0 aromatic carbocycles. The van der Waals surface area contributed by atoms with E-state index in [9.17, 15) is 14.4 Å². The molecule has 0 bridgehead atoms. The molecule has 27 heavy (non-hydrogen) atoms. The van der Waals surface area contributed by atoms with Gasteiger partial charge in [0, 0.05) is 18.4 Å². The Morgan fingerprint density at radius 1 is 1.30 bits per heavy atom. The molecule has 3 atom stereocenters. The van der Waals surface area contributed by atoms with Gasteiger partial charge in [-0.05, 0) is 18.8 Å². The van der Waals surface area contributed by atoms with Crippen molar-refractivity contribution in [2.45, 2.75) is 62.8 Å². The number of carbonyl (C=O) groups is 3. The molecule has 1 N–H and O–H groups in total. The van der Waals surface area contributed by atoms with E-state index in [0.29, 0.717) is 12.2 Å². The zero-order valence-electron chi connectivity index (χ0n) is 16.2. The summed E-state index contributed by atoms with van der Waals surface area (Å²) < 4.78 is 3.69. The lowest BCUT2D eigenvalue weighted by atomic mass is 9.99. The van der Waals surface area contributed by atoms with E-state index in [1.54, 1.807) is 13.8 Å². The molecule has 3 amide bonds. The number of amides is 3. The first-order chi connectivity index (χ1) is 12.4. The van der Waals surface area contributed by atoms with Crippen LogP contribution in [0, 0.1) is 11.8 Å². The fourth-order valence-corrected chi connectivity index (χ4v) is 3.13. The van der Waals surface area contributed by atoms with Gasteiger partial charge in [0.15, 0.2) is 3.79 Å². The maximum Gasteiger partial charge on any atom is 0.257 e. The van der Waals surface area contributed by atoms with Crippen LogP contribution in [0.4, 0.5) is 0 Å². The Morgan fingerprint density at radius 3 is 2.33 bits per heavy atom. The predicted octanol–water partition coefficient (Wildman–Crippen LogP) is 3.59. The number of nitrogens with zero attached hydrogens (tertiary/aromatic N) is 1. The van der Waals surface area contributed by atoms with E-state index in [1.807, 2.05) is 13.8 Å². The van der Waals surface area contributed by atoms with Crippen molar-refractivity contribution in [3.63, 3.8) is 0 Å². The van der Waals surface area contributed by atoms with E-state index in [1.165, 1.54) is 13.2 Å². The standard InChI is InChI=1S/C18H27Cl3N2O4/c1-6-15(24)22-12(8-11(4)18(19,20)21)17(26)23-13(7-10(2)3)14(27-5)9-16(23)25/h9-13H,6-8H2,1-5H3,(H,22,24)/t11-,12+,13-/m0/s1. The highest BCUT2D eigenvalue weighted by atomic mass is 35.6. The fraction of sp³-hybridized carbons (Fsp3) is 0.722. The van der Waals surface area contributed by atoms with Crippen LogP contribution < -0.4 is 5.32 Å². The number of hydrogen-bond acceptors (Lipinski definition) is 4. The van der Waals surface area contributed by atoms with Crippen molar-refractivity contribution in [3.05, 3.63) is 11.8 Å². The van der Waals surface area contributed by atoms with Crippen LogP contribution in [0.5, 0.6) is 0 Å². The maximum atomic E-state index is 13.2. The molecule has 9 heteroatoms.